The van der Waals surface area contributed by atoms with Crippen molar-refractivity contribution in [2.24, 2.45) is 5.92 Å². The van der Waals surface area contributed by atoms with E-state index in [2.05, 4.69) is 15.3 Å². The molecule has 1 aromatic carbocycles. The van der Waals surface area contributed by atoms with Crippen molar-refractivity contribution in [3.63, 3.8) is 0 Å². The first-order valence-corrected chi connectivity index (χ1v) is 11.6. The number of carbonyl (C=O) groups is 2. The number of aromatic nitrogens is 3. The summed E-state index contributed by atoms with van der Waals surface area (Å²) in [6.07, 6.45) is 1.13. The molecule has 180 valence electrons. The second-order valence-electron chi connectivity index (χ2n) is 8.97. The van der Waals surface area contributed by atoms with Crippen LogP contribution in [-0.4, -0.2) is 32.3 Å². The number of aliphatic hydroxyl groups is 1. The summed E-state index contributed by atoms with van der Waals surface area (Å²) in [5, 5.41) is 14.2. The van der Waals surface area contributed by atoms with Crippen LogP contribution in [0.3, 0.4) is 0 Å². The Balaban J connectivity index is 1.66. The van der Waals surface area contributed by atoms with Gasteiger partial charge in [-0.3, -0.25) is 9.78 Å². The van der Waals surface area contributed by atoms with Gasteiger partial charge in [0.1, 0.15) is 12.0 Å². The van der Waals surface area contributed by atoms with Gasteiger partial charge in [0.05, 0.1) is 33.2 Å². The van der Waals surface area contributed by atoms with Crippen LogP contribution in [0, 0.1) is 5.92 Å². The third-order valence-electron chi connectivity index (χ3n) is 5.92. The zero-order chi connectivity index (χ0) is 24.7. The minimum absolute atomic E-state index is 0.0909. The van der Waals surface area contributed by atoms with E-state index in [4.69, 9.17) is 4.98 Å². The van der Waals surface area contributed by atoms with Gasteiger partial charge in [0, 0.05) is 23.1 Å². The van der Waals surface area contributed by atoms with Crippen LogP contribution in [0.25, 0.3) is 10.2 Å². The number of rotatable bonds is 5. The van der Waals surface area contributed by atoms with E-state index < -0.39 is 29.1 Å². The zero-order valence-corrected chi connectivity index (χ0v) is 19.3. The van der Waals surface area contributed by atoms with Crippen LogP contribution in [0.1, 0.15) is 72.2 Å². The summed E-state index contributed by atoms with van der Waals surface area (Å²) < 4.78 is 39.7. The fraction of sp³-hybridized carbons (Fsp3) is 0.435. The highest BCUT2D eigenvalue weighted by molar-refractivity contribution is 7.18. The third kappa shape index (κ3) is 5.10. The Kier molecular flexibility index (Phi) is 6.43. The molecule has 0 aliphatic heterocycles. The molecule has 2 N–H and O–H groups in total. The molecule has 11 heteroatoms. The Morgan fingerprint density at radius 1 is 1.15 bits per heavy atom. The molecule has 7 nitrogen and oxygen atoms in total. The standard InChI is InChI=1S/C23H23F3N4O3S/c1-22(2,33)14-7-16-18(34-21(30-16)13-5-3-12(11-31)4-6-13)8-15(14)29-20(32)17-9-27-10-19(28-17)23(24,25)26/h7-13,33H,3-6H2,1-2H3,(H,29,32). The minimum atomic E-state index is -4.73. The van der Waals surface area contributed by atoms with E-state index in [1.807, 2.05) is 0 Å². The number of hydrogen-bond acceptors (Lipinski definition) is 7. The summed E-state index contributed by atoms with van der Waals surface area (Å²) in [5.41, 5.74) is -1.84. The zero-order valence-electron chi connectivity index (χ0n) is 18.5. The fourth-order valence-electron chi connectivity index (χ4n) is 4.08. The summed E-state index contributed by atoms with van der Waals surface area (Å²) in [4.78, 5) is 35.3. The lowest BCUT2D eigenvalue weighted by molar-refractivity contribution is -0.141. The number of benzene rings is 1. The Morgan fingerprint density at radius 2 is 1.85 bits per heavy atom. The number of amides is 1. The Hall–Kier alpha value is -2.92. The molecule has 1 aliphatic rings. The summed E-state index contributed by atoms with van der Waals surface area (Å²) in [6, 6.07) is 3.35. The van der Waals surface area contributed by atoms with Crippen molar-refractivity contribution in [2.75, 3.05) is 5.32 Å². The molecular formula is C23H23F3N4O3S. The molecule has 34 heavy (non-hydrogen) atoms. The molecule has 1 fully saturated rings. The predicted molar refractivity (Wildman–Crippen MR) is 121 cm³/mol. The second-order valence-corrected chi connectivity index (χ2v) is 10.0. The number of aldehydes is 1. The number of carbonyl (C=O) groups excluding carboxylic acids is 2. The fourth-order valence-corrected chi connectivity index (χ4v) is 5.23. The molecule has 1 amide bonds. The number of thiazole rings is 1. The van der Waals surface area contributed by atoms with Crippen molar-refractivity contribution in [3.05, 3.63) is 46.5 Å². The van der Waals surface area contributed by atoms with Gasteiger partial charge in [0.2, 0.25) is 0 Å². The molecule has 1 saturated carbocycles. The van der Waals surface area contributed by atoms with E-state index in [1.54, 1.807) is 26.0 Å². The van der Waals surface area contributed by atoms with Crippen LogP contribution in [0.15, 0.2) is 24.5 Å². The first-order chi connectivity index (χ1) is 16.0. The molecule has 4 rings (SSSR count). The maximum atomic E-state index is 13.0. The lowest BCUT2D eigenvalue weighted by Gasteiger charge is -2.23. The van der Waals surface area contributed by atoms with Crippen molar-refractivity contribution < 1.29 is 27.9 Å². The SMILES string of the molecule is CC(C)(O)c1cc2nc(C3CCC(C=O)CC3)sc2cc1NC(=O)c1cncc(C(F)(F)F)n1. The molecule has 0 saturated heterocycles. The lowest BCUT2D eigenvalue weighted by atomic mass is 9.83. The highest BCUT2D eigenvalue weighted by atomic mass is 32.1. The maximum Gasteiger partial charge on any atom is 0.434 e. The van der Waals surface area contributed by atoms with E-state index in [0.29, 0.717) is 17.3 Å². The Morgan fingerprint density at radius 3 is 2.47 bits per heavy atom. The second kappa shape index (κ2) is 9.03. The first kappa shape index (κ1) is 24.2. The lowest BCUT2D eigenvalue weighted by Crippen LogP contribution is -2.22. The molecule has 2 heterocycles. The van der Waals surface area contributed by atoms with E-state index >= 15 is 0 Å². The highest BCUT2D eigenvalue weighted by Crippen LogP contribution is 2.41. The number of anilines is 1. The molecule has 0 unspecified atom stereocenters. The molecular weight excluding hydrogens is 469 g/mol. The summed E-state index contributed by atoms with van der Waals surface area (Å²) in [7, 11) is 0. The number of nitrogens with zero attached hydrogens (tertiary/aromatic N) is 3. The van der Waals surface area contributed by atoms with Crippen LogP contribution < -0.4 is 5.32 Å². The topological polar surface area (TPSA) is 105 Å². The van der Waals surface area contributed by atoms with Gasteiger partial charge in [-0.2, -0.15) is 13.2 Å². The quantitative estimate of drug-likeness (QED) is 0.483. The van der Waals surface area contributed by atoms with Gasteiger partial charge in [-0.1, -0.05) is 0 Å². The average Bonchev–Trinajstić information content (AvgIpc) is 3.20. The summed E-state index contributed by atoms with van der Waals surface area (Å²) in [5.74, 6) is -0.550. The monoisotopic (exact) mass is 492 g/mol. The van der Waals surface area contributed by atoms with Crippen molar-refractivity contribution in [1.82, 2.24) is 15.0 Å². The van der Waals surface area contributed by atoms with Gasteiger partial charge in [-0.25, -0.2) is 9.97 Å². The highest BCUT2D eigenvalue weighted by Gasteiger charge is 2.34. The minimum Gasteiger partial charge on any atom is -0.386 e. The first-order valence-electron chi connectivity index (χ1n) is 10.8. The number of alkyl halides is 3. The molecule has 0 bridgehead atoms. The third-order valence-corrected chi connectivity index (χ3v) is 7.10. The van der Waals surface area contributed by atoms with Crippen LogP contribution in [0.4, 0.5) is 18.9 Å². The van der Waals surface area contributed by atoms with E-state index in [-0.39, 0.29) is 17.5 Å². The average molecular weight is 493 g/mol. The summed E-state index contributed by atoms with van der Waals surface area (Å²) in [6.45, 7) is 3.09. The van der Waals surface area contributed by atoms with Crippen molar-refractivity contribution in [3.8, 4) is 0 Å². The normalized spacial score (nSPS) is 19.2. The van der Waals surface area contributed by atoms with Crippen molar-refractivity contribution >= 4 is 39.4 Å². The van der Waals surface area contributed by atoms with Gasteiger partial charge in [0.15, 0.2) is 5.69 Å². The Bertz CT molecular complexity index is 1230. The number of halogens is 3. The smallest absolute Gasteiger partial charge is 0.386 e. The number of hydrogen-bond donors (Lipinski definition) is 2. The van der Waals surface area contributed by atoms with Gasteiger partial charge in [0.25, 0.3) is 5.91 Å². The van der Waals surface area contributed by atoms with E-state index in [9.17, 15) is 27.9 Å². The van der Waals surface area contributed by atoms with Crippen LogP contribution in [-0.2, 0) is 16.6 Å². The van der Waals surface area contributed by atoms with Gasteiger partial charge < -0.3 is 15.2 Å². The van der Waals surface area contributed by atoms with Gasteiger partial charge >= 0.3 is 6.18 Å². The largest absolute Gasteiger partial charge is 0.434 e. The Labute approximate surface area is 197 Å². The maximum absolute atomic E-state index is 13.0. The van der Waals surface area contributed by atoms with Crippen molar-refractivity contribution in [2.45, 2.75) is 57.2 Å². The van der Waals surface area contributed by atoms with E-state index in [0.717, 1.165) is 47.9 Å². The van der Waals surface area contributed by atoms with Gasteiger partial charge in [-0.05, 0) is 51.7 Å². The van der Waals surface area contributed by atoms with Crippen LogP contribution in [0.2, 0.25) is 0 Å². The molecule has 1 aliphatic carbocycles. The predicted octanol–water partition coefficient (Wildman–Crippen LogP) is 5.06. The van der Waals surface area contributed by atoms with Gasteiger partial charge in [-0.15, -0.1) is 11.3 Å². The number of fused-ring (bicyclic) bond motifs is 1. The molecule has 0 atom stereocenters. The van der Waals surface area contributed by atoms with Crippen LogP contribution in [0.5, 0.6) is 0 Å². The van der Waals surface area contributed by atoms with E-state index in [1.165, 1.54) is 11.3 Å². The molecule has 0 radical (unpaired) electrons. The molecule has 3 aromatic rings. The number of nitrogens with one attached hydrogen (secondary N) is 1. The molecule has 0 spiro atoms. The van der Waals surface area contributed by atoms with Crippen molar-refractivity contribution in [1.29, 1.82) is 0 Å². The van der Waals surface area contributed by atoms with Crippen LogP contribution >= 0.6 is 11.3 Å². The summed E-state index contributed by atoms with van der Waals surface area (Å²) >= 11 is 1.47. The molecule has 2 aromatic heterocycles.